The fourth-order valence-corrected chi connectivity index (χ4v) is 6.87. The van der Waals surface area contributed by atoms with Gasteiger partial charge in [-0.1, -0.05) is 84.9 Å². The molecule has 0 saturated carbocycles. The van der Waals surface area contributed by atoms with Crippen molar-refractivity contribution >= 4 is 43.9 Å². The van der Waals surface area contributed by atoms with Crippen LogP contribution in [0.1, 0.15) is 0 Å². The SMILES string of the molecule is COc1ccc(-c2c3c4ccccc4n(-c4ccccc4)c3nc3c2c2ccccc2n3-c2cccc(-c3ccccn3)c2)cc1. The number of rotatable bonds is 5. The molecule has 46 heavy (non-hydrogen) atoms. The van der Waals surface area contributed by atoms with E-state index in [-0.39, 0.29) is 0 Å². The average Bonchev–Trinajstić information content (AvgIpc) is 3.64. The number of aromatic nitrogens is 4. The van der Waals surface area contributed by atoms with E-state index in [0.717, 1.165) is 83.4 Å². The van der Waals surface area contributed by atoms with Crippen molar-refractivity contribution in [1.29, 1.82) is 0 Å². The number of benzene rings is 5. The molecule has 0 radical (unpaired) electrons. The molecule has 0 atom stereocenters. The highest BCUT2D eigenvalue weighted by Gasteiger charge is 2.25. The molecule has 0 saturated heterocycles. The van der Waals surface area contributed by atoms with Crippen LogP contribution in [0.15, 0.2) is 152 Å². The van der Waals surface area contributed by atoms with E-state index in [0.29, 0.717) is 0 Å². The minimum absolute atomic E-state index is 0.825. The summed E-state index contributed by atoms with van der Waals surface area (Å²) < 4.78 is 10.2. The van der Waals surface area contributed by atoms with Crippen LogP contribution in [0.4, 0.5) is 0 Å². The third-order valence-electron chi connectivity index (χ3n) is 8.87. The van der Waals surface area contributed by atoms with Crippen LogP contribution in [0.25, 0.3) is 77.6 Å². The summed E-state index contributed by atoms with van der Waals surface area (Å²) in [5.41, 5.74) is 10.4. The lowest BCUT2D eigenvalue weighted by Gasteiger charge is -2.13. The van der Waals surface area contributed by atoms with Crippen LogP contribution >= 0.6 is 0 Å². The number of nitrogens with zero attached hydrogens (tertiary/aromatic N) is 4. The second-order valence-corrected chi connectivity index (χ2v) is 11.4. The first kappa shape index (κ1) is 26.2. The van der Waals surface area contributed by atoms with Gasteiger partial charge >= 0.3 is 0 Å². The summed E-state index contributed by atoms with van der Waals surface area (Å²) in [4.78, 5) is 10.2. The Balaban J connectivity index is 1.49. The van der Waals surface area contributed by atoms with Crippen molar-refractivity contribution in [3.05, 3.63) is 152 Å². The lowest BCUT2D eigenvalue weighted by atomic mass is 9.96. The molecular formula is C41H28N4O. The summed E-state index contributed by atoms with van der Waals surface area (Å²) in [7, 11) is 1.71. The first-order chi connectivity index (χ1) is 22.8. The zero-order valence-corrected chi connectivity index (χ0v) is 25.1. The van der Waals surface area contributed by atoms with Gasteiger partial charge in [-0.15, -0.1) is 0 Å². The van der Waals surface area contributed by atoms with Gasteiger partial charge in [0.1, 0.15) is 17.0 Å². The van der Waals surface area contributed by atoms with Gasteiger partial charge in [-0.25, -0.2) is 4.98 Å². The molecule has 0 N–H and O–H groups in total. The molecule has 0 unspecified atom stereocenters. The molecule has 4 heterocycles. The fourth-order valence-electron chi connectivity index (χ4n) is 6.87. The lowest BCUT2D eigenvalue weighted by molar-refractivity contribution is 0.415. The number of ether oxygens (including phenoxy) is 1. The average molecular weight is 593 g/mol. The van der Waals surface area contributed by atoms with Crippen molar-refractivity contribution in [3.63, 3.8) is 0 Å². The Kier molecular flexibility index (Phi) is 5.96. The van der Waals surface area contributed by atoms with Crippen molar-refractivity contribution < 1.29 is 4.74 Å². The van der Waals surface area contributed by atoms with Gasteiger partial charge in [0, 0.05) is 50.2 Å². The van der Waals surface area contributed by atoms with E-state index in [1.807, 2.05) is 36.5 Å². The van der Waals surface area contributed by atoms with Crippen LogP contribution in [0.3, 0.4) is 0 Å². The van der Waals surface area contributed by atoms with E-state index in [1.54, 1.807) is 7.11 Å². The second-order valence-electron chi connectivity index (χ2n) is 11.4. The Labute approximate surface area is 265 Å². The summed E-state index contributed by atoms with van der Waals surface area (Å²) in [6.07, 6.45) is 1.84. The first-order valence-electron chi connectivity index (χ1n) is 15.4. The summed E-state index contributed by atoms with van der Waals surface area (Å²) in [6, 6.07) is 50.8. The lowest BCUT2D eigenvalue weighted by Crippen LogP contribution is -2.00. The molecule has 5 heteroatoms. The minimum Gasteiger partial charge on any atom is -0.497 e. The Morgan fingerprint density at radius 2 is 1.13 bits per heavy atom. The number of hydrogen-bond donors (Lipinski definition) is 0. The Bertz CT molecular complexity index is 2550. The molecule has 9 rings (SSSR count). The van der Waals surface area contributed by atoms with Crippen LogP contribution in [0.5, 0.6) is 5.75 Å². The standard InChI is InChI=1S/C41H28N4O/c1-46-31-23-21-27(22-24-31)37-38-32-16-5-7-19-35(32)44(29-13-3-2-4-14-29)40(38)43-41-39(37)33-17-6-8-20-36(33)45(41)30-15-11-12-28(26-30)34-18-9-10-25-42-34/h2-26H,1H3. The number of pyridine rings is 2. The van der Waals surface area contributed by atoms with Crippen LogP contribution in [-0.2, 0) is 0 Å². The van der Waals surface area contributed by atoms with Crippen LogP contribution < -0.4 is 4.74 Å². The number of fused-ring (bicyclic) bond motifs is 6. The molecule has 0 bridgehead atoms. The van der Waals surface area contributed by atoms with Crippen LogP contribution in [-0.4, -0.2) is 26.2 Å². The quantitative estimate of drug-likeness (QED) is 0.200. The highest BCUT2D eigenvalue weighted by molar-refractivity contribution is 6.26. The Morgan fingerprint density at radius 1 is 0.522 bits per heavy atom. The van der Waals surface area contributed by atoms with Crippen LogP contribution in [0, 0.1) is 0 Å². The van der Waals surface area contributed by atoms with Gasteiger partial charge < -0.3 is 4.74 Å². The highest BCUT2D eigenvalue weighted by Crippen LogP contribution is 2.45. The molecule has 9 aromatic rings. The van der Waals surface area contributed by atoms with Gasteiger partial charge in [-0.3, -0.25) is 14.1 Å². The third-order valence-corrected chi connectivity index (χ3v) is 8.87. The maximum Gasteiger partial charge on any atom is 0.148 e. The van der Waals surface area contributed by atoms with Gasteiger partial charge in [0.2, 0.25) is 0 Å². The monoisotopic (exact) mass is 592 g/mol. The number of methoxy groups -OCH3 is 1. The largest absolute Gasteiger partial charge is 0.497 e. The predicted octanol–water partition coefficient (Wildman–Crippen LogP) is 10.0. The zero-order valence-electron chi connectivity index (χ0n) is 25.1. The summed E-state index contributed by atoms with van der Waals surface area (Å²) in [5.74, 6) is 0.825. The smallest absolute Gasteiger partial charge is 0.148 e. The van der Waals surface area contributed by atoms with E-state index in [1.165, 1.54) is 0 Å². The van der Waals surface area contributed by atoms with Gasteiger partial charge in [-0.05, 0) is 66.2 Å². The molecular weight excluding hydrogens is 564 g/mol. The van der Waals surface area contributed by atoms with Gasteiger partial charge in [0.15, 0.2) is 0 Å². The molecule has 218 valence electrons. The highest BCUT2D eigenvalue weighted by atomic mass is 16.5. The van der Waals surface area contributed by atoms with Crippen molar-refractivity contribution in [2.45, 2.75) is 0 Å². The molecule has 0 amide bonds. The molecule has 0 aliphatic heterocycles. The molecule has 0 aliphatic rings. The van der Waals surface area contributed by atoms with Gasteiger partial charge in [0.25, 0.3) is 0 Å². The first-order valence-corrected chi connectivity index (χ1v) is 15.4. The summed E-state index contributed by atoms with van der Waals surface area (Å²) in [5, 5.41) is 4.56. The Morgan fingerprint density at radius 3 is 1.78 bits per heavy atom. The zero-order chi connectivity index (χ0) is 30.6. The van der Waals surface area contributed by atoms with Crippen LogP contribution in [0.2, 0.25) is 0 Å². The Hall–Kier alpha value is -6.20. The van der Waals surface area contributed by atoms with Crippen molar-refractivity contribution in [3.8, 4) is 39.5 Å². The normalized spacial score (nSPS) is 11.6. The number of para-hydroxylation sites is 3. The molecule has 0 aliphatic carbocycles. The summed E-state index contributed by atoms with van der Waals surface area (Å²) in [6.45, 7) is 0. The van der Waals surface area contributed by atoms with E-state index in [2.05, 4.69) is 129 Å². The van der Waals surface area contributed by atoms with Gasteiger partial charge in [-0.2, -0.15) is 0 Å². The predicted molar refractivity (Wildman–Crippen MR) is 188 cm³/mol. The van der Waals surface area contributed by atoms with E-state index < -0.39 is 0 Å². The molecule has 0 spiro atoms. The minimum atomic E-state index is 0.825. The van der Waals surface area contributed by atoms with E-state index >= 15 is 0 Å². The van der Waals surface area contributed by atoms with Crippen molar-refractivity contribution in [2.75, 3.05) is 7.11 Å². The summed E-state index contributed by atoms with van der Waals surface area (Å²) >= 11 is 0. The van der Waals surface area contributed by atoms with E-state index in [4.69, 9.17) is 9.72 Å². The maximum atomic E-state index is 5.61. The van der Waals surface area contributed by atoms with E-state index in [9.17, 15) is 0 Å². The topological polar surface area (TPSA) is 44.9 Å². The van der Waals surface area contributed by atoms with Crippen molar-refractivity contribution in [1.82, 2.24) is 19.1 Å². The third kappa shape index (κ3) is 3.95. The molecule has 0 fully saturated rings. The molecule has 5 nitrogen and oxygen atoms in total. The number of hydrogen-bond acceptors (Lipinski definition) is 3. The molecule has 5 aromatic carbocycles. The second kappa shape index (κ2) is 10.5. The van der Waals surface area contributed by atoms with Crippen molar-refractivity contribution in [2.24, 2.45) is 0 Å². The fraction of sp³-hybridized carbons (Fsp3) is 0.0244. The molecule has 4 aromatic heterocycles. The van der Waals surface area contributed by atoms with Gasteiger partial charge in [0.05, 0.1) is 23.8 Å². The maximum absolute atomic E-state index is 5.61.